The van der Waals surface area contributed by atoms with Crippen molar-refractivity contribution in [3.63, 3.8) is 0 Å². The summed E-state index contributed by atoms with van der Waals surface area (Å²) in [5.41, 5.74) is 1.48. The first-order chi connectivity index (χ1) is 16.0. The van der Waals surface area contributed by atoms with E-state index >= 15 is 0 Å². The average Bonchev–Trinajstić information content (AvgIpc) is 3.43. The second-order valence-electron chi connectivity index (χ2n) is 7.89. The summed E-state index contributed by atoms with van der Waals surface area (Å²) in [6.45, 7) is 2.68. The molecule has 0 radical (unpaired) electrons. The molecule has 1 aliphatic heterocycles. The summed E-state index contributed by atoms with van der Waals surface area (Å²) in [5.74, 6) is 1.15. The Kier molecular flexibility index (Phi) is 6.63. The Hall–Kier alpha value is -3.81. The largest absolute Gasteiger partial charge is 0.496 e. The van der Waals surface area contributed by atoms with Gasteiger partial charge in [0.1, 0.15) is 23.4 Å². The van der Waals surface area contributed by atoms with Crippen molar-refractivity contribution in [3.05, 3.63) is 72.3 Å². The summed E-state index contributed by atoms with van der Waals surface area (Å²) in [5, 5.41) is 3.11. The number of aryl methyl sites for hydroxylation is 1. The molecule has 0 spiro atoms. The maximum atomic E-state index is 13.4. The number of anilines is 1. The van der Waals surface area contributed by atoms with Crippen LogP contribution in [0.1, 0.15) is 30.8 Å². The summed E-state index contributed by atoms with van der Waals surface area (Å²) in [7, 11) is 3.47. The Balaban J connectivity index is 1.58. The standard InChI is InChI=1S/C25H28N4O4/c1-4-33-21-12-8-6-10-19(21)29-16-17(15-22(29)30)25(31)27-23(24-26-13-14-28(24)2)18-9-5-7-11-20(18)32-3/h5-14,17,23H,4,15-16H2,1-3H3,(H,27,31). The minimum Gasteiger partial charge on any atom is -0.496 e. The number of nitrogens with one attached hydrogen (secondary N) is 1. The Labute approximate surface area is 193 Å². The molecule has 1 aliphatic rings. The van der Waals surface area contributed by atoms with Gasteiger partial charge in [-0.1, -0.05) is 30.3 Å². The fraction of sp³-hybridized carbons (Fsp3) is 0.320. The minimum absolute atomic E-state index is 0.104. The number of rotatable bonds is 8. The molecule has 1 aromatic heterocycles. The van der Waals surface area contributed by atoms with Gasteiger partial charge in [0.05, 0.1) is 25.3 Å². The fourth-order valence-corrected chi connectivity index (χ4v) is 4.18. The highest BCUT2D eigenvalue weighted by molar-refractivity contribution is 6.01. The van der Waals surface area contributed by atoms with Gasteiger partial charge in [-0.2, -0.15) is 0 Å². The van der Waals surface area contributed by atoms with Gasteiger partial charge < -0.3 is 24.3 Å². The molecule has 1 saturated heterocycles. The maximum absolute atomic E-state index is 13.4. The average molecular weight is 449 g/mol. The van der Waals surface area contributed by atoms with Crippen LogP contribution in [0.15, 0.2) is 60.9 Å². The topological polar surface area (TPSA) is 85.7 Å². The lowest BCUT2D eigenvalue weighted by molar-refractivity contribution is -0.126. The smallest absolute Gasteiger partial charge is 0.227 e. The molecular formula is C25H28N4O4. The van der Waals surface area contributed by atoms with Crippen molar-refractivity contribution >= 4 is 17.5 Å². The summed E-state index contributed by atoms with van der Waals surface area (Å²) in [6.07, 6.45) is 3.65. The number of methoxy groups -OCH3 is 1. The van der Waals surface area contributed by atoms with Gasteiger partial charge in [-0.25, -0.2) is 4.98 Å². The molecule has 2 aromatic carbocycles. The number of carbonyl (C=O) groups excluding carboxylic acids is 2. The van der Waals surface area contributed by atoms with E-state index in [0.29, 0.717) is 29.6 Å². The van der Waals surface area contributed by atoms with Crippen molar-refractivity contribution in [2.24, 2.45) is 13.0 Å². The molecule has 0 saturated carbocycles. The molecule has 2 atom stereocenters. The molecule has 172 valence electrons. The zero-order valence-electron chi connectivity index (χ0n) is 19.0. The van der Waals surface area contributed by atoms with Crippen LogP contribution in [0.3, 0.4) is 0 Å². The number of benzene rings is 2. The molecule has 2 amide bonds. The molecule has 3 aromatic rings. The second kappa shape index (κ2) is 9.77. The number of imidazole rings is 1. The van der Waals surface area contributed by atoms with Crippen LogP contribution in [0.5, 0.6) is 11.5 Å². The van der Waals surface area contributed by atoms with E-state index in [1.54, 1.807) is 18.2 Å². The van der Waals surface area contributed by atoms with E-state index in [-0.39, 0.29) is 24.8 Å². The lowest BCUT2D eigenvalue weighted by Gasteiger charge is -2.23. The molecule has 8 heteroatoms. The van der Waals surface area contributed by atoms with Crippen LogP contribution in [0.2, 0.25) is 0 Å². The number of aromatic nitrogens is 2. The Morgan fingerprint density at radius 2 is 1.91 bits per heavy atom. The van der Waals surface area contributed by atoms with Gasteiger partial charge in [-0.15, -0.1) is 0 Å². The van der Waals surface area contributed by atoms with Crippen molar-refractivity contribution < 1.29 is 19.1 Å². The van der Waals surface area contributed by atoms with Crippen LogP contribution >= 0.6 is 0 Å². The highest BCUT2D eigenvalue weighted by Gasteiger charge is 2.37. The van der Waals surface area contributed by atoms with Crippen molar-refractivity contribution in [2.45, 2.75) is 19.4 Å². The molecule has 33 heavy (non-hydrogen) atoms. The number of hydrogen-bond acceptors (Lipinski definition) is 5. The normalized spacial score (nSPS) is 16.5. The van der Waals surface area contributed by atoms with Crippen LogP contribution in [0.25, 0.3) is 0 Å². The van der Waals surface area contributed by atoms with Crippen molar-refractivity contribution in [1.29, 1.82) is 0 Å². The Morgan fingerprint density at radius 3 is 2.61 bits per heavy atom. The Morgan fingerprint density at radius 1 is 1.18 bits per heavy atom. The van der Waals surface area contributed by atoms with Crippen LogP contribution in [0.4, 0.5) is 5.69 Å². The maximum Gasteiger partial charge on any atom is 0.227 e. The predicted octanol–water partition coefficient (Wildman–Crippen LogP) is 3.09. The van der Waals surface area contributed by atoms with Crippen LogP contribution in [0, 0.1) is 5.92 Å². The first-order valence-electron chi connectivity index (χ1n) is 11.0. The van der Waals surface area contributed by atoms with E-state index < -0.39 is 12.0 Å². The van der Waals surface area contributed by atoms with E-state index in [1.807, 2.05) is 73.3 Å². The summed E-state index contributed by atoms with van der Waals surface area (Å²) in [4.78, 5) is 32.3. The molecule has 0 bridgehead atoms. The van der Waals surface area contributed by atoms with E-state index in [9.17, 15) is 9.59 Å². The summed E-state index contributed by atoms with van der Waals surface area (Å²) in [6, 6.07) is 14.4. The van der Waals surface area contributed by atoms with Gasteiger partial charge in [0.25, 0.3) is 0 Å². The van der Waals surface area contributed by atoms with E-state index in [1.165, 1.54) is 0 Å². The molecule has 2 heterocycles. The molecule has 2 unspecified atom stereocenters. The monoisotopic (exact) mass is 448 g/mol. The molecule has 0 aliphatic carbocycles. The van der Waals surface area contributed by atoms with Gasteiger partial charge in [0, 0.05) is 38.0 Å². The first kappa shape index (κ1) is 22.4. The van der Waals surface area contributed by atoms with E-state index in [0.717, 1.165) is 5.56 Å². The molecule has 1 N–H and O–H groups in total. The number of para-hydroxylation sites is 3. The van der Waals surface area contributed by atoms with Crippen LogP contribution < -0.4 is 19.7 Å². The van der Waals surface area contributed by atoms with Gasteiger partial charge in [-0.05, 0) is 25.1 Å². The van der Waals surface area contributed by atoms with Gasteiger partial charge >= 0.3 is 0 Å². The fourth-order valence-electron chi connectivity index (χ4n) is 4.18. The third-order valence-corrected chi connectivity index (χ3v) is 5.80. The third-order valence-electron chi connectivity index (χ3n) is 5.80. The van der Waals surface area contributed by atoms with Crippen LogP contribution in [-0.4, -0.2) is 41.6 Å². The minimum atomic E-state index is -0.520. The Bertz CT molecular complexity index is 1140. The van der Waals surface area contributed by atoms with Crippen LogP contribution in [-0.2, 0) is 16.6 Å². The SMILES string of the molecule is CCOc1ccccc1N1CC(C(=O)NC(c2ccccc2OC)c2nccn2C)CC1=O. The highest BCUT2D eigenvalue weighted by Crippen LogP contribution is 2.34. The lowest BCUT2D eigenvalue weighted by atomic mass is 10.0. The molecular weight excluding hydrogens is 420 g/mol. The van der Waals surface area contributed by atoms with Gasteiger partial charge in [-0.3, -0.25) is 9.59 Å². The molecule has 4 rings (SSSR count). The van der Waals surface area contributed by atoms with E-state index in [4.69, 9.17) is 9.47 Å². The molecule has 8 nitrogen and oxygen atoms in total. The lowest BCUT2D eigenvalue weighted by Crippen LogP contribution is -2.37. The third kappa shape index (κ3) is 4.55. The zero-order chi connectivity index (χ0) is 23.4. The number of nitrogens with zero attached hydrogens (tertiary/aromatic N) is 3. The van der Waals surface area contributed by atoms with E-state index in [2.05, 4.69) is 10.3 Å². The summed E-state index contributed by atoms with van der Waals surface area (Å²) < 4.78 is 13.1. The number of ether oxygens (including phenoxy) is 2. The molecule has 1 fully saturated rings. The number of amides is 2. The van der Waals surface area contributed by atoms with Crippen molar-refractivity contribution in [2.75, 3.05) is 25.2 Å². The van der Waals surface area contributed by atoms with Crippen molar-refractivity contribution in [1.82, 2.24) is 14.9 Å². The first-order valence-corrected chi connectivity index (χ1v) is 11.0. The number of hydrogen-bond donors (Lipinski definition) is 1. The highest BCUT2D eigenvalue weighted by atomic mass is 16.5. The second-order valence-corrected chi connectivity index (χ2v) is 7.89. The van der Waals surface area contributed by atoms with Gasteiger partial charge in [0.2, 0.25) is 11.8 Å². The quantitative estimate of drug-likeness (QED) is 0.572. The van der Waals surface area contributed by atoms with Crippen molar-refractivity contribution in [3.8, 4) is 11.5 Å². The number of carbonyl (C=O) groups is 2. The van der Waals surface area contributed by atoms with Gasteiger partial charge in [0.15, 0.2) is 0 Å². The summed E-state index contributed by atoms with van der Waals surface area (Å²) >= 11 is 0. The zero-order valence-corrected chi connectivity index (χ0v) is 19.0. The predicted molar refractivity (Wildman–Crippen MR) is 124 cm³/mol.